The highest BCUT2D eigenvalue weighted by Crippen LogP contribution is 2.38. The minimum absolute atomic E-state index is 0.0490. The average Bonchev–Trinajstić information content (AvgIpc) is 2.65. The molecule has 6 nitrogen and oxygen atoms in total. The predicted octanol–water partition coefficient (Wildman–Crippen LogP) is 4.06. The molecule has 2 fully saturated rings. The molecule has 4 heterocycles. The molecular weight excluding hydrogens is 399 g/mol. The number of aromatic nitrogens is 2. The zero-order valence-corrected chi connectivity index (χ0v) is 15.6. The third-order valence-corrected chi connectivity index (χ3v) is 5.53. The molecule has 0 unspecified atom stereocenters. The summed E-state index contributed by atoms with van der Waals surface area (Å²) in [4.78, 5) is 22.8. The average molecular weight is 415 g/mol. The molecule has 0 aliphatic carbocycles. The van der Waals surface area contributed by atoms with Crippen molar-refractivity contribution in [2.45, 2.75) is 18.1 Å². The summed E-state index contributed by atoms with van der Waals surface area (Å²) in [5.74, 6) is 0.345. The Kier molecular flexibility index (Phi) is 4.18. The number of rotatable bonds is 3. The number of benzene rings is 1. The van der Waals surface area contributed by atoms with E-state index < -0.39 is 11.7 Å². The van der Waals surface area contributed by atoms with E-state index in [2.05, 4.69) is 9.97 Å². The fourth-order valence-electron chi connectivity index (χ4n) is 3.65. The molecule has 0 bridgehead atoms. The highest BCUT2D eigenvalue weighted by Gasteiger charge is 2.53. The second-order valence-electron chi connectivity index (χ2n) is 7.46. The van der Waals surface area contributed by atoms with Gasteiger partial charge in [-0.1, -0.05) is 6.07 Å². The molecular formula is C21H16F3N3O3. The molecule has 0 N–H and O–H groups in total. The van der Waals surface area contributed by atoms with E-state index in [9.17, 15) is 18.0 Å². The van der Waals surface area contributed by atoms with Gasteiger partial charge >= 0.3 is 6.18 Å². The van der Waals surface area contributed by atoms with Crippen LogP contribution in [-0.4, -0.2) is 46.1 Å². The summed E-state index contributed by atoms with van der Waals surface area (Å²) in [5, 5.41) is 0.737. The largest absolute Gasteiger partial charge is 0.439 e. The van der Waals surface area contributed by atoms with Crippen molar-refractivity contribution >= 4 is 16.8 Å². The Bertz CT molecular complexity index is 1120. The number of ether oxygens (including phenoxy) is 2. The third kappa shape index (κ3) is 3.15. The van der Waals surface area contributed by atoms with E-state index in [1.54, 1.807) is 30.3 Å². The first-order valence-electron chi connectivity index (χ1n) is 9.36. The number of amides is 1. The summed E-state index contributed by atoms with van der Waals surface area (Å²) in [6.07, 6.45) is -2.77. The van der Waals surface area contributed by atoms with Gasteiger partial charge in [0.1, 0.15) is 11.4 Å². The monoisotopic (exact) mass is 415 g/mol. The first kappa shape index (κ1) is 18.8. The Hall–Kier alpha value is -3.20. The van der Waals surface area contributed by atoms with Crippen LogP contribution in [-0.2, 0) is 10.9 Å². The quantitative estimate of drug-likeness (QED) is 0.646. The van der Waals surface area contributed by atoms with Crippen molar-refractivity contribution in [3.63, 3.8) is 0 Å². The van der Waals surface area contributed by atoms with Crippen LogP contribution in [0.15, 0.2) is 48.7 Å². The molecule has 154 valence electrons. The summed E-state index contributed by atoms with van der Waals surface area (Å²) in [7, 11) is 0. The van der Waals surface area contributed by atoms with Gasteiger partial charge in [-0.15, -0.1) is 0 Å². The lowest BCUT2D eigenvalue weighted by molar-refractivity contribution is -0.172. The molecule has 9 heteroatoms. The summed E-state index contributed by atoms with van der Waals surface area (Å²) in [5.41, 5.74) is -0.00754. The van der Waals surface area contributed by atoms with Crippen molar-refractivity contribution in [2.24, 2.45) is 0 Å². The molecule has 0 saturated carbocycles. The topological polar surface area (TPSA) is 64.5 Å². The Morgan fingerprint density at radius 2 is 1.97 bits per heavy atom. The fraction of sp³-hybridized carbons (Fsp3) is 0.286. The summed E-state index contributed by atoms with van der Waals surface area (Å²) in [6, 6.07) is 10.5. The van der Waals surface area contributed by atoms with E-state index in [0.29, 0.717) is 36.7 Å². The number of pyridine rings is 2. The Labute approximate surface area is 169 Å². The van der Waals surface area contributed by atoms with Gasteiger partial charge in [-0.05, 0) is 36.8 Å². The van der Waals surface area contributed by atoms with Gasteiger partial charge in [-0.25, -0.2) is 9.97 Å². The number of alkyl halides is 3. The van der Waals surface area contributed by atoms with Crippen LogP contribution in [0.3, 0.4) is 0 Å². The summed E-state index contributed by atoms with van der Waals surface area (Å²) >= 11 is 0. The van der Waals surface area contributed by atoms with Crippen LogP contribution >= 0.6 is 0 Å². The van der Waals surface area contributed by atoms with Crippen molar-refractivity contribution in [1.29, 1.82) is 0 Å². The van der Waals surface area contributed by atoms with Gasteiger partial charge in [-0.2, -0.15) is 13.2 Å². The summed E-state index contributed by atoms with van der Waals surface area (Å²) < 4.78 is 48.7. The molecule has 2 aliphatic rings. The van der Waals surface area contributed by atoms with E-state index in [1.807, 2.05) is 4.90 Å². The second-order valence-corrected chi connectivity index (χ2v) is 7.46. The highest BCUT2D eigenvalue weighted by molar-refractivity contribution is 5.96. The Morgan fingerprint density at radius 3 is 2.57 bits per heavy atom. The summed E-state index contributed by atoms with van der Waals surface area (Å²) in [6.45, 7) is 1.85. The fourth-order valence-corrected chi connectivity index (χ4v) is 3.65. The van der Waals surface area contributed by atoms with Crippen LogP contribution in [0.4, 0.5) is 13.2 Å². The lowest BCUT2D eigenvalue weighted by Gasteiger charge is -2.57. The van der Waals surface area contributed by atoms with Gasteiger partial charge in [0.15, 0.2) is 0 Å². The lowest BCUT2D eigenvalue weighted by Crippen LogP contribution is -2.72. The zero-order valence-electron chi connectivity index (χ0n) is 15.6. The number of fused-ring (bicyclic) bond motifs is 1. The Balaban J connectivity index is 1.34. The first-order chi connectivity index (χ1) is 14.3. The molecule has 2 saturated heterocycles. The number of carbonyl (C=O) groups excluding carboxylic acids is 1. The van der Waals surface area contributed by atoms with Gasteiger partial charge in [-0.3, -0.25) is 4.79 Å². The molecule has 30 heavy (non-hydrogen) atoms. The third-order valence-electron chi connectivity index (χ3n) is 5.53. The molecule has 5 rings (SSSR count). The second kappa shape index (κ2) is 6.66. The van der Waals surface area contributed by atoms with Crippen LogP contribution < -0.4 is 4.74 Å². The van der Waals surface area contributed by atoms with Crippen molar-refractivity contribution in [3.8, 4) is 11.6 Å². The standard InChI is InChI=1S/C21H16F3N3O3/c22-21(23,24)14-2-6-18(25-10-14)30-15-3-5-16-13(9-15)1-4-17(26-16)19(28)27-8-7-20(27)11-29-12-20/h1-6,9-10H,7-8,11-12H2. The maximum absolute atomic E-state index is 12.8. The highest BCUT2D eigenvalue weighted by atomic mass is 19.4. The molecule has 1 aromatic carbocycles. The number of halogens is 3. The van der Waals surface area contributed by atoms with Crippen LogP contribution in [0.1, 0.15) is 22.5 Å². The van der Waals surface area contributed by atoms with Crippen LogP contribution in [0.2, 0.25) is 0 Å². The molecule has 3 aromatic rings. The molecule has 0 radical (unpaired) electrons. The molecule has 2 aliphatic heterocycles. The van der Waals surface area contributed by atoms with Gasteiger partial charge in [0.25, 0.3) is 5.91 Å². The Morgan fingerprint density at radius 1 is 1.13 bits per heavy atom. The minimum Gasteiger partial charge on any atom is -0.439 e. The van der Waals surface area contributed by atoms with Crippen molar-refractivity contribution < 1.29 is 27.4 Å². The van der Waals surface area contributed by atoms with E-state index in [4.69, 9.17) is 9.47 Å². The maximum Gasteiger partial charge on any atom is 0.417 e. The molecule has 1 amide bonds. The molecule has 2 aromatic heterocycles. The van der Waals surface area contributed by atoms with Gasteiger partial charge in [0.2, 0.25) is 5.88 Å². The minimum atomic E-state index is -4.45. The first-order valence-corrected chi connectivity index (χ1v) is 9.36. The number of hydrogen-bond acceptors (Lipinski definition) is 5. The van der Waals surface area contributed by atoms with Crippen molar-refractivity contribution in [2.75, 3.05) is 19.8 Å². The van der Waals surface area contributed by atoms with Gasteiger partial charge in [0, 0.05) is 24.2 Å². The van der Waals surface area contributed by atoms with E-state index in [1.165, 1.54) is 6.07 Å². The number of likely N-dealkylation sites (tertiary alicyclic amines) is 1. The molecule has 0 atom stereocenters. The number of carbonyl (C=O) groups is 1. The van der Waals surface area contributed by atoms with E-state index >= 15 is 0 Å². The van der Waals surface area contributed by atoms with Crippen LogP contribution in [0.5, 0.6) is 11.6 Å². The van der Waals surface area contributed by atoms with Crippen molar-refractivity contribution in [1.82, 2.24) is 14.9 Å². The van der Waals surface area contributed by atoms with Crippen molar-refractivity contribution in [3.05, 3.63) is 59.9 Å². The number of nitrogens with zero attached hydrogens (tertiary/aromatic N) is 3. The van der Waals surface area contributed by atoms with E-state index in [-0.39, 0.29) is 17.3 Å². The molecule has 1 spiro atoms. The zero-order chi connectivity index (χ0) is 20.9. The van der Waals surface area contributed by atoms with Gasteiger partial charge in [0.05, 0.1) is 29.8 Å². The van der Waals surface area contributed by atoms with Crippen LogP contribution in [0.25, 0.3) is 10.9 Å². The normalized spacial score (nSPS) is 17.5. The smallest absolute Gasteiger partial charge is 0.417 e. The van der Waals surface area contributed by atoms with Crippen LogP contribution in [0, 0.1) is 0 Å². The number of hydrogen-bond donors (Lipinski definition) is 0. The lowest BCUT2D eigenvalue weighted by atomic mass is 9.82. The SMILES string of the molecule is O=C(c1ccc2cc(Oc3ccc(C(F)(F)F)cn3)ccc2n1)N1CCC12COC2. The van der Waals surface area contributed by atoms with E-state index in [0.717, 1.165) is 24.1 Å². The predicted molar refractivity (Wildman–Crippen MR) is 100 cm³/mol. The maximum atomic E-state index is 12.8. The van der Waals surface area contributed by atoms with Gasteiger partial charge < -0.3 is 14.4 Å².